The Bertz CT molecular complexity index is 171. The Labute approximate surface area is 63.5 Å². The molecule has 1 N–H and O–H groups in total. The number of amides is 1. The van der Waals surface area contributed by atoms with E-state index in [0.29, 0.717) is 13.0 Å². The van der Waals surface area contributed by atoms with Gasteiger partial charge in [-0.25, -0.2) is 9.86 Å². The molecule has 1 aliphatic heterocycles. The van der Waals surface area contributed by atoms with Crippen molar-refractivity contribution in [2.45, 2.75) is 19.4 Å². The van der Waals surface area contributed by atoms with Crippen molar-refractivity contribution in [2.24, 2.45) is 0 Å². The normalized spacial score (nSPS) is 23.7. The minimum Gasteiger partial charge on any atom is -0.480 e. The average Bonchev–Trinajstić information content (AvgIpc) is 2.32. The fourth-order valence-electron chi connectivity index (χ4n) is 1.00. The Hall–Kier alpha value is -1.10. The molecule has 11 heavy (non-hydrogen) atoms. The smallest absolute Gasteiger partial charge is 0.329 e. The summed E-state index contributed by atoms with van der Waals surface area (Å²) in [5.41, 5.74) is 0. The first-order valence-corrected chi connectivity index (χ1v) is 3.28. The van der Waals surface area contributed by atoms with Crippen LogP contribution in [0.4, 0.5) is 0 Å². The van der Waals surface area contributed by atoms with Crippen LogP contribution in [0.3, 0.4) is 0 Å². The highest BCUT2D eigenvalue weighted by Gasteiger charge is 2.33. The Morgan fingerprint density at radius 1 is 1.64 bits per heavy atom. The molecule has 0 aromatic rings. The maximum atomic E-state index is 10.7. The molecular formula is C6H9NO4. The summed E-state index contributed by atoms with van der Waals surface area (Å²) in [5.74, 6) is -1.38. The molecule has 1 saturated heterocycles. The van der Waals surface area contributed by atoms with Crippen LogP contribution < -0.4 is 0 Å². The van der Waals surface area contributed by atoms with E-state index < -0.39 is 12.0 Å². The molecule has 0 aromatic carbocycles. The molecule has 62 valence electrons. The average molecular weight is 159 g/mol. The molecule has 0 aliphatic carbocycles. The first-order valence-electron chi connectivity index (χ1n) is 3.28. The molecule has 1 fully saturated rings. The fourth-order valence-corrected chi connectivity index (χ4v) is 1.00. The Morgan fingerprint density at radius 3 is 2.64 bits per heavy atom. The van der Waals surface area contributed by atoms with Crippen molar-refractivity contribution in [1.29, 1.82) is 0 Å². The molecule has 1 atom stereocenters. The molecule has 1 amide bonds. The van der Waals surface area contributed by atoms with Crippen LogP contribution in [-0.4, -0.2) is 34.7 Å². The van der Waals surface area contributed by atoms with Crippen molar-refractivity contribution in [3.63, 3.8) is 0 Å². The van der Waals surface area contributed by atoms with Gasteiger partial charge in [0.1, 0.15) is 0 Å². The van der Waals surface area contributed by atoms with Gasteiger partial charge >= 0.3 is 5.97 Å². The Morgan fingerprint density at radius 2 is 2.27 bits per heavy atom. The third-order valence-electron chi connectivity index (χ3n) is 1.50. The number of carboxylic acid groups (broad SMARTS) is 1. The van der Waals surface area contributed by atoms with E-state index in [1.54, 1.807) is 0 Å². The highest BCUT2D eigenvalue weighted by molar-refractivity contribution is 5.81. The van der Waals surface area contributed by atoms with Crippen molar-refractivity contribution in [1.82, 2.24) is 5.06 Å². The molecular weight excluding hydrogens is 150 g/mol. The van der Waals surface area contributed by atoms with Crippen molar-refractivity contribution < 1.29 is 19.5 Å². The summed E-state index contributed by atoms with van der Waals surface area (Å²) in [4.78, 5) is 25.9. The van der Waals surface area contributed by atoms with Gasteiger partial charge in [-0.1, -0.05) is 0 Å². The predicted molar refractivity (Wildman–Crippen MR) is 34.5 cm³/mol. The number of carbonyl (C=O) groups excluding carboxylic acids is 1. The highest BCUT2D eigenvalue weighted by Crippen LogP contribution is 2.14. The van der Waals surface area contributed by atoms with Gasteiger partial charge in [0.2, 0.25) is 5.91 Å². The van der Waals surface area contributed by atoms with Gasteiger partial charge in [0.05, 0.1) is 6.61 Å². The van der Waals surface area contributed by atoms with Gasteiger partial charge < -0.3 is 5.11 Å². The first-order chi connectivity index (χ1) is 5.13. The molecule has 5 heteroatoms. The van der Waals surface area contributed by atoms with Crippen LogP contribution >= 0.6 is 0 Å². The van der Waals surface area contributed by atoms with Crippen molar-refractivity contribution in [2.75, 3.05) is 6.61 Å². The lowest BCUT2D eigenvalue weighted by Crippen LogP contribution is -2.38. The second kappa shape index (κ2) is 2.87. The van der Waals surface area contributed by atoms with E-state index in [9.17, 15) is 9.59 Å². The van der Waals surface area contributed by atoms with Crippen LogP contribution in [0.1, 0.15) is 13.3 Å². The molecule has 0 bridgehead atoms. The maximum absolute atomic E-state index is 10.7. The van der Waals surface area contributed by atoms with Crippen LogP contribution in [-0.2, 0) is 14.4 Å². The summed E-state index contributed by atoms with van der Waals surface area (Å²) < 4.78 is 0. The van der Waals surface area contributed by atoms with Crippen LogP contribution in [0.2, 0.25) is 0 Å². The number of hydrogen-bond acceptors (Lipinski definition) is 3. The Balaban J connectivity index is 2.65. The van der Waals surface area contributed by atoms with E-state index in [1.807, 2.05) is 0 Å². The first kappa shape index (κ1) is 8.00. The molecule has 5 nitrogen and oxygen atoms in total. The van der Waals surface area contributed by atoms with E-state index in [-0.39, 0.29) is 5.91 Å². The molecule has 0 spiro atoms. The number of carbonyl (C=O) groups is 2. The van der Waals surface area contributed by atoms with Gasteiger partial charge in [-0.05, 0) is 0 Å². The van der Waals surface area contributed by atoms with Gasteiger partial charge in [-0.3, -0.25) is 9.63 Å². The summed E-state index contributed by atoms with van der Waals surface area (Å²) in [5, 5.41) is 9.46. The molecule has 1 rings (SSSR count). The Kier molecular flexibility index (Phi) is 2.09. The predicted octanol–water partition coefficient (Wildman–Crippen LogP) is -0.377. The van der Waals surface area contributed by atoms with Gasteiger partial charge in [-0.2, -0.15) is 0 Å². The molecule has 1 heterocycles. The number of carboxylic acids is 1. The lowest BCUT2D eigenvalue weighted by molar-refractivity contribution is -0.181. The van der Waals surface area contributed by atoms with Crippen molar-refractivity contribution in [3.8, 4) is 0 Å². The van der Waals surface area contributed by atoms with E-state index in [4.69, 9.17) is 9.94 Å². The van der Waals surface area contributed by atoms with Crippen molar-refractivity contribution in [3.05, 3.63) is 0 Å². The largest absolute Gasteiger partial charge is 0.480 e. The summed E-state index contributed by atoms with van der Waals surface area (Å²) in [6.07, 6.45) is 0.370. The van der Waals surface area contributed by atoms with Crippen LogP contribution in [0.25, 0.3) is 0 Å². The summed E-state index contributed by atoms with van der Waals surface area (Å²) in [6, 6.07) is -0.799. The zero-order valence-electron chi connectivity index (χ0n) is 6.11. The van der Waals surface area contributed by atoms with Gasteiger partial charge in [0.15, 0.2) is 6.04 Å². The number of hydrogen-bond donors (Lipinski definition) is 1. The summed E-state index contributed by atoms with van der Waals surface area (Å²) >= 11 is 0. The highest BCUT2D eigenvalue weighted by atomic mass is 16.7. The summed E-state index contributed by atoms with van der Waals surface area (Å²) in [7, 11) is 0. The third-order valence-corrected chi connectivity index (χ3v) is 1.50. The standard InChI is InChI=1S/C6H9NO4/c1-4(8)7-5(6(9)10)2-3-11-7/h5H,2-3H2,1H3,(H,9,10). The maximum Gasteiger partial charge on any atom is 0.329 e. The number of hydroxylamine groups is 2. The minimum absolute atomic E-state index is 0.302. The second-order valence-electron chi connectivity index (χ2n) is 2.32. The second-order valence-corrected chi connectivity index (χ2v) is 2.32. The lowest BCUT2D eigenvalue weighted by Gasteiger charge is -2.16. The quantitative estimate of drug-likeness (QED) is 0.566. The number of rotatable bonds is 1. The third kappa shape index (κ3) is 1.48. The van der Waals surface area contributed by atoms with E-state index in [2.05, 4.69) is 0 Å². The van der Waals surface area contributed by atoms with Crippen LogP contribution in [0.15, 0.2) is 0 Å². The summed E-state index contributed by atoms with van der Waals surface area (Å²) in [6.45, 7) is 1.58. The zero-order valence-corrected chi connectivity index (χ0v) is 6.11. The van der Waals surface area contributed by atoms with Crippen molar-refractivity contribution >= 4 is 11.9 Å². The topological polar surface area (TPSA) is 66.8 Å². The van der Waals surface area contributed by atoms with E-state index in [1.165, 1.54) is 6.92 Å². The zero-order chi connectivity index (χ0) is 8.43. The molecule has 1 unspecified atom stereocenters. The van der Waals surface area contributed by atoms with Crippen LogP contribution in [0.5, 0.6) is 0 Å². The van der Waals surface area contributed by atoms with Gasteiger partial charge in [0, 0.05) is 13.3 Å². The number of aliphatic carboxylic acids is 1. The van der Waals surface area contributed by atoms with Gasteiger partial charge in [0.25, 0.3) is 0 Å². The van der Waals surface area contributed by atoms with Crippen LogP contribution in [0, 0.1) is 0 Å². The SMILES string of the molecule is CC(=O)N1OCCC1C(=O)O. The molecule has 1 aliphatic rings. The lowest BCUT2D eigenvalue weighted by atomic mass is 10.2. The van der Waals surface area contributed by atoms with Gasteiger partial charge in [-0.15, -0.1) is 0 Å². The monoisotopic (exact) mass is 159 g/mol. The fraction of sp³-hybridized carbons (Fsp3) is 0.667. The molecule has 0 radical (unpaired) electrons. The number of nitrogens with zero attached hydrogens (tertiary/aromatic N) is 1. The molecule has 0 aromatic heterocycles. The minimum atomic E-state index is -1.02. The van der Waals surface area contributed by atoms with E-state index >= 15 is 0 Å². The van der Waals surface area contributed by atoms with E-state index in [0.717, 1.165) is 5.06 Å². The molecule has 0 saturated carbocycles.